The van der Waals surface area contributed by atoms with Crippen molar-refractivity contribution >= 4 is 83.2 Å². The van der Waals surface area contributed by atoms with Crippen LogP contribution in [0.3, 0.4) is 0 Å². The summed E-state index contributed by atoms with van der Waals surface area (Å²) in [5.41, 5.74) is 3.37. The summed E-state index contributed by atoms with van der Waals surface area (Å²) in [4.78, 5) is 16.3. The molecule has 3 aromatic rings. The molecule has 0 radical (unpaired) electrons. The van der Waals surface area contributed by atoms with Gasteiger partial charge in [0.1, 0.15) is 0 Å². The summed E-state index contributed by atoms with van der Waals surface area (Å²) in [6.45, 7) is 0. The molecule has 5 rings (SSSR count). The van der Waals surface area contributed by atoms with Gasteiger partial charge in [0.2, 0.25) is 4.86 Å². The molecule has 0 spiro atoms. The van der Waals surface area contributed by atoms with Gasteiger partial charge in [-0.2, -0.15) is 0 Å². The van der Waals surface area contributed by atoms with Crippen LogP contribution >= 0.6 is 37.9 Å². The van der Waals surface area contributed by atoms with Crippen molar-refractivity contribution in [3.8, 4) is 0 Å². The Balaban J connectivity index is 1.66. The largest absolute Gasteiger partial charge is 0.848 e. The van der Waals surface area contributed by atoms with E-state index in [0.717, 1.165) is 31.7 Å². The predicted molar refractivity (Wildman–Crippen MR) is 133 cm³/mol. The molecule has 2 atom stereocenters. The lowest BCUT2D eigenvalue weighted by atomic mass is 9.67. The number of allylic oxidation sites excluding steroid dienone is 2. The maximum atomic E-state index is 13.4. The van der Waals surface area contributed by atoms with E-state index in [1.807, 2.05) is 60.7 Å². The lowest BCUT2D eigenvalue weighted by Gasteiger charge is -2.45. The molecular weight excluding hydrogens is 449 g/mol. The highest BCUT2D eigenvalue weighted by atomic mass is 32.1. The Morgan fingerprint density at radius 1 is 0.900 bits per heavy atom. The Kier molecular flexibility index (Phi) is 4.95. The Morgan fingerprint density at radius 2 is 1.63 bits per heavy atom. The van der Waals surface area contributed by atoms with Gasteiger partial charge in [0.15, 0.2) is 18.0 Å². The van der Waals surface area contributed by atoms with Gasteiger partial charge in [-0.1, -0.05) is 24.3 Å². The smallest absolute Gasteiger partial charge is 0.229 e. The molecule has 0 bridgehead atoms. The monoisotopic (exact) mass is 464 g/mol. The van der Waals surface area contributed by atoms with Gasteiger partial charge in [-0.3, -0.25) is 4.79 Å². The number of rotatable bonds is 1. The number of thiol groups is 4. The summed E-state index contributed by atoms with van der Waals surface area (Å²) in [5.74, 6) is -0.931. The van der Waals surface area contributed by atoms with Gasteiger partial charge in [0, 0.05) is 26.7 Å². The molecule has 2 nitrogen and oxygen atoms in total. The maximum Gasteiger partial charge on any atom is 0.229 e. The van der Waals surface area contributed by atoms with Gasteiger partial charge in [0.05, 0.1) is 5.57 Å². The summed E-state index contributed by atoms with van der Waals surface area (Å²) in [7, 11) is 0. The van der Waals surface area contributed by atoms with Crippen LogP contribution in [0.1, 0.15) is 22.6 Å². The number of hydrogen-bond donors (Lipinski definition) is 3. The lowest BCUT2D eigenvalue weighted by Crippen LogP contribution is -2.52. The van der Waals surface area contributed by atoms with Crippen LogP contribution in [-0.4, -0.2) is 16.8 Å². The van der Waals surface area contributed by atoms with Crippen molar-refractivity contribution in [3.63, 3.8) is 0 Å². The molecule has 2 unspecified atom stereocenters. The zero-order valence-corrected chi connectivity index (χ0v) is 19.1. The molecule has 1 fully saturated rings. The number of carbonyl (C=O) groups excluding carboxylic acids is 1. The second-order valence-corrected chi connectivity index (χ2v) is 9.44. The van der Waals surface area contributed by atoms with Crippen LogP contribution < -0.4 is 5.11 Å². The van der Waals surface area contributed by atoms with Gasteiger partial charge in [-0.15, -0.1) is 37.9 Å². The fourth-order valence-corrected chi connectivity index (χ4v) is 5.39. The Bertz CT molecular complexity index is 1340. The first-order valence-corrected chi connectivity index (χ1v) is 11.1. The minimum absolute atomic E-state index is 0.162. The second-order valence-electron chi connectivity index (χ2n) is 7.45. The number of Topliss-reactive ketones (excluding diaryl/α,β-unsaturated/α-hetero) is 1. The molecule has 0 aromatic heterocycles. The highest BCUT2D eigenvalue weighted by molar-refractivity contribution is 7.80. The van der Waals surface area contributed by atoms with Crippen molar-refractivity contribution in [2.75, 3.05) is 0 Å². The average molecular weight is 465 g/mol. The molecule has 2 aliphatic rings. The van der Waals surface area contributed by atoms with Crippen LogP contribution in [0.25, 0.3) is 22.4 Å². The van der Waals surface area contributed by atoms with Crippen LogP contribution in [0.2, 0.25) is 0 Å². The third-order valence-corrected chi connectivity index (χ3v) is 7.04. The van der Waals surface area contributed by atoms with Crippen LogP contribution in [0.15, 0.2) is 74.9 Å². The zero-order valence-electron chi connectivity index (χ0n) is 15.5. The number of ketones is 1. The fraction of sp³-hybridized carbons (Fsp3) is 0.0833. The molecule has 2 aliphatic carbocycles. The van der Waals surface area contributed by atoms with Gasteiger partial charge < -0.3 is 5.11 Å². The molecular formula is C24H16O2S4. The van der Waals surface area contributed by atoms with E-state index in [0.29, 0.717) is 20.9 Å². The molecule has 1 saturated carbocycles. The summed E-state index contributed by atoms with van der Waals surface area (Å²) in [6.07, 6.45) is 2.56. The first kappa shape index (κ1) is 20.1. The quantitative estimate of drug-likeness (QED) is 0.220. The number of benzene rings is 3. The Hall–Kier alpha value is -1.83. The van der Waals surface area contributed by atoms with E-state index in [-0.39, 0.29) is 11.4 Å². The normalized spacial score (nSPS) is 22.9. The Morgan fingerprint density at radius 3 is 2.40 bits per heavy atom. The minimum Gasteiger partial charge on any atom is -0.848 e. The van der Waals surface area contributed by atoms with Crippen molar-refractivity contribution < 1.29 is 9.90 Å². The molecule has 30 heavy (non-hydrogen) atoms. The molecule has 0 amide bonds. The fourth-order valence-electron chi connectivity index (χ4n) is 4.31. The molecule has 0 N–H and O–H groups in total. The standard InChI is InChI=1S/C24H15O2S4/c25-23-21(19-15-5-3-13(27)9-11(15)1-7-17(19)29)24(26)22(23)20-16-6-4-14(28)10-12(16)2-8-18(20)30/h1-10,21,23,27-29H/q-1/p+1. The maximum absolute atomic E-state index is 13.4. The summed E-state index contributed by atoms with van der Waals surface area (Å²) in [6, 6.07) is 15.1. The van der Waals surface area contributed by atoms with E-state index in [4.69, 9.17) is 0 Å². The van der Waals surface area contributed by atoms with Crippen molar-refractivity contribution in [1.82, 2.24) is 0 Å². The van der Waals surface area contributed by atoms with Crippen molar-refractivity contribution in [2.45, 2.75) is 26.7 Å². The first-order chi connectivity index (χ1) is 14.4. The molecule has 3 aromatic carbocycles. The van der Waals surface area contributed by atoms with Gasteiger partial charge in [-0.25, -0.2) is 0 Å². The van der Waals surface area contributed by atoms with Crippen LogP contribution in [0.4, 0.5) is 0 Å². The van der Waals surface area contributed by atoms with Crippen LogP contribution in [0, 0.1) is 0 Å². The lowest BCUT2D eigenvalue weighted by molar-refractivity contribution is -0.415. The number of fused-ring (bicyclic) bond motifs is 2. The highest BCUT2D eigenvalue weighted by Gasteiger charge is 2.44. The third kappa shape index (κ3) is 3.01. The minimum atomic E-state index is -1.18. The molecule has 0 saturated heterocycles. The Labute approximate surface area is 195 Å². The van der Waals surface area contributed by atoms with E-state index >= 15 is 0 Å². The topological polar surface area (TPSA) is 40.1 Å². The van der Waals surface area contributed by atoms with E-state index < -0.39 is 12.0 Å². The van der Waals surface area contributed by atoms with Crippen LogP contribution in [0.5, 0.6) is 0 Å². The van der Waals surface area contributed by atoms with E-state index in [9.17, 15) is 9.90 Å². The zero-order chi connectivity index (χ0) is 21.2. The van der Waals surface area contributed by atoms with E-state index in [2.05, 4.69) is 50.1 Å². The molecule has 0 heterocycles. The van der Waals surface area contributed by atoms with Gasteiger partial charge in [0.25, 0.3) is 0 Å². The second kappa shape index (κ2) is 7.39. The van der Waals surface area contributed by atoms with Crippen molar-refractivity contribution in [2.24, 2.45) is 0 Å². The highest BCUT2D eigenvalue weighted by Crippen LogP contribution is 2.46. The predicted octanol–water partition coefficient (Wildman–Crippen LogP) is 4.03. The molecule has 0 aliphatic heterocycles. The van der Waals surface area contributed by atoms with Gasteiger partial charge in [-0.05, 0) is 69.4 Å². The van der Waals surface area contributed by atoms with Gasteiger partial charge >= 0.3 is 0 Å². The number of hydrogen-bond acceptors (Lipinski definition) is 5. The van der Waals surface area contributed by atoms with E-state index in [1.54, 1.807) is 0 Å². The summed E-state index contributed by atoms with van der Waals surface area (Å²) in [5, 5.41) is 15.2. The summed E-state index contributed by atoms with van der Waals surface area (Å²) >= 11 is 17.9. The SMILES string of the molecule is O=C1C(=C2C(=[SH+])C=Cc3cc(S)ccc32)C([O-])C1c1c(S)ccc2cc(S)ccc12. The number of carbonyl (C=O) groups is 1. The molecule has 148 valence electrons. The third-order valence-electron chi connectivity index (χ3n) is 5.72. The van der Waals surface area contributed by atoms with E-state index in [1.165, 1.54) is 0 Å². The first-order valence-electron chi connectivity index (χ1n) is 9.33. The van der Waals surface area contributed by atoms with Crippen LogP contribution in [-0.2, 0) is 17.0 Å². The molecule has 6 heteroatoms. The van der Waals surface area contributed by atoms with Crippen molar-refractivity contribution in [3.05, 3.63) is 76.9 Å². The van der Waals surface area contributed by atoms with Crippen molar-refractivity contribution in [1.29, 1.82) is 0 Å². The summed E-state index contributed by atoms with van der Waals surface area (Å²) < 4.78 is 0. The average Bonchev–Trinajstić information content (AvgIpc) is 2.72.